The lowest BCUT2D eigenvalue weighted by Gasteiger charge is -2.39. The first-order chi connectivity index (χ1) is 29.8. The molecule has 15 heteroatoms. The third-order valence-electron chi connectivity index (χ3n) is 12.7. The van der Waals surface area contributed by atoms with Gasteiger partial charge in [0.1, 0.15) is 12.1 Å². The molecule has 3 saturated heterocycles. The van der Waals surface area contributed by atoms with Crippen molar-refractivity contribution in [2.75, 3.05) is 62.6 Å². The molecular formula is C46H52N10O5. The Kier molecular flexibility index (Phi) is 11.9. The summed E-state index contributed by atoms with van der Waals surface area (Å²) in [7, 11) is 0. The number of imidazole rings is 1. The predicted molar refractivity (Wildman–Crippen MR) is 230 cm³/mol. The Balaban J connectivity index is 0.691. The molecule has 3 aromatic carbocycles. The maximum absolute atomic E-state index is 13.0. The van der Waals surface area contributed by atoms with Gasteiger partial charge in [-0.05, 0) is 85.5 Å². The third kappa shape index (κ3) is 9.51. The van der Waals surface area contributed by atoms with Gasteiger partial charge in [-0.15, -0.1) is 0 Å². The van der Waals surface area contributed by atoms with Crippen LogP contribution in [0.4, 0.5) is 17.2 Å². The number of amides is 4. The van der Waals surface area contributed by atoms with Gasteiger partial charge < -0.3 is 29.7 Å². The molecule has 2 aromatic heterocycles. The maximum atomic E-state index is 13.0. The van der Waals surface area contributed by atoms with Gasteiger partial charge in [0, 0.05) is 75.7 Å². The van der Waals surface area contributed by atoms with Crippen molar-refractivity contribution in [1.29, 1.82) is 0 Å². The van der Waals surface area contributed by atoms with Gasteiger partial charge >= 0.3 is 0 Å². The highest BCUT2D eigenvalue weighted by molar-refractivity contribution is 6.01. The van der Waals surface area contributed by atoms with Gasteiger partial charge in [0.25, 0.3) is 5.91 Å². The molecule has 4 aliphatic rings. The van der Waals surface area contributed by atoms with E-state index in [9.17, 15) is 19.2 Å². The Morgan fingerprint density at radius 1 is 0.836 bits per heavy atom. The zero-order chi connectivity index (χ0) is 41.7. The molecule has 4 amide bonds. The standard InChI is InChI=1S/C46H52N10O5/c57-40-14-13-39(46(60)52-40)33-7-4-8-38(24-33)61-28-42(59)55-17-15-32(16-18-55)27-53-19-21-54(22-20-53)36-11-9-34(10-12-36)51-44-43-45(48-29-47-44)56(30-49-43)37-25-35(26-37)50-41(58)23-31-5-2-1-3-6-31/h1-12,24,29-30,32,35,37,39H,13-23,25-28H2,(H,50,58)(H,47,48,51)(H,52,57,60)/t35?,37?,39-/m0/s1. The maximum Gasteiger partial charge on any atom is 0.260 e. The number of piperazine rings is 1. The van der Waals surface area contributed by atoms with E-state index in [1.807, 2.05) is 53.7 Å². The second-order valence-electron chi connectivity index (χ2n) is 16.7. The number of nitrogens with zero attached hydrogens (tertiary/aromatic N) is 7. The Morgan fingerprint density at radius 2 is 1.62 bits per heavy atom. The Morgan fingerprint density at radius 3 is 2.39 bits per heavy atom. The van der Waals surface area contributed by atoms with Gasteiger partial charge in [0.05, 0.1) is 18.7 Å². The van der Waals surface area contributed by atoms with Crippen molar-refractivity contribution in [2.24, 2.45) is 5.92 Å². The minimum absolute atomic E-state index is 0.0258. The van der Waals surface area contributed by atoms with Crippen LogP contribution in [0.15, 0.2) is 91.5 Å². The van der Waals surface area contributed by atoms with Crippen molar-refractivity contribution >= 4 is 52.0 Å². The van der Waals surface area contributed by atoms with Gasteiger partial charge in [0.2, 0.25) is 17.7 Å². The van der Waals surface area contributed by atoms with Crippen LogP contribution in [0.5, 0.6) is 5.75 Å². The van der Waals surface area contributed by atoms with E-state index >= 15 is 0 Å². The summed E-state index contributed by atoms with van der Waals surface area (Å²) in [5, 5.41) is 9.02. The number of benzene rings is 3. The molecule has 0 radical (unpaired) electrons. The number of piperidine rings is 2. The number of rotatable bonds is 13. The number of carbonyl (C=O) groups is 4. The van der Waals surface area contributed by atoms with Crippen molar-refractivity contribution in [3.63, 3.8) is 0 Å². The lowest BCUT2D eigenvalue weighted by atomic mass is 9.86. The molecule has 316 valence electrons. The number of nitrogens with one attached hydrogen (secondary N) is 3. The van der Waals surface area contributed by atoms with E-state index in [4.69, 9.17) is 4.74 Å². The topological polar surface area (TPSA) is 167 Å². The molecule has 1 atom stereocenters. The molecule has 61 heavy (non-hydrogen) atoms. The number of likely N-dealkylation sites (tertiary alicyclic amines) is 1. The first kappa shape index (κ1) is 40.1. The fourth-order valence-corrected chi connectivity index (χ4v) is 9.08. The molecule has 3 N–H and O–H groups in total. The summed E-state index contributed by atoms with van der Waals surface area (Å²) in [4.78, 5) is 70.1. The number of fused-ring (bicyclic) bond motifs is 1. The summed E-state index contributed by atoms with van der Waals surface area (Å²) in [6.07, 6.45) is 8.19. The number of hydrogen-bond acceptors (Lipinski definition) is 11. The minimum Gasteiger partial charge on any atom is -0.484 e. The Labute approximate surface area is 354 Å². The summed E-state index contributed by atoms with van der Waals surface area (Å²) in [5.74, 6) is 0.864. The zero-order valence-corrected chi connectivity index (χ0v) is 34.2. The van der Waals surface area contributed by atoms with Crippen molar-refractivity contribution in [3.8, 4) is 5.75 Å². The smallest absolute Gasteiger partial charge is 0.260 e. The number of ether oxygens (including phenoxy) is 1. The molecule has 0 bridgehead atoms. The van der Waals surface area contributed by atoms with E-state index in [1.165, 1.54) is 5.69 Å². The molecule has 1 saturated carbocycles. The van der Waals surface area contributed by atoms with Crippen molar-refractivity contribution < 1.29 is 23.9 Å². The summed E-state index contributed by atoms with van der Waals surface area (Å²) >= 11 is 0. The highest BCUT2D eigenvalue weighted by Crippen LogP contribution is 2.35. The van der Waals surface area contributed by atoms with Gasteiger partial charge in [-0.3, -0.25) is 29.4 Å². The first-order valence-electron chi connectivity index (χ1n) is 21.5. The van der Waals surface area contributed by atoms with Crippen molar-refractivity contribution in [3.05, 3.63) is 103 Å². The molecule has 0 unspecified atom stereocenters. The molecule has 15 nitrogen and oxygen atoms in total. The summed E-state index contributed by atoms with van der Waals surface area (Å²) in [6, 6.07) is 25.9. The fourth-order valence-electron chi connectivity index (χ4n) is 9.08. The van der Waals surface area contributed by atoms with Crippen LogP contribution >= 0.6 is 0 Å². The highest BCUT2D eigenvalue weighted by atomic mass is 16.5. The number of carbonyl (C=O) groups excluding carboxylic acids is 4. The molecular weight excluding hydrogens is 773 g/mol. The summed E-state index contributed by atoms with van der Waals surface area (Å²) < 4.78 is 7.96. The zero-order valence-electron chi connectivity index (χ0n) is 34.2. The van der Waals surface area contributed by atoms with Gasteiger partial charge in [0.15, 0.2) is 23.6 Å². The normalized spacial score (nSPS) is 21.1. The van der Waals surface area contributed by atoms with Crippen molar-refractivity contribution in [2.45, 2.75) is 62.9 Å². The van der Waals surface area contributed by atoms with E-state index in [2.05, 4.69) is 69.5 Å². The third-order valence-corrected chi connectivity index (χ3v) is 12.7. The Hall–Kier alpha value is -6.35. The second kappa shape index (κ2) is 18.1. The quantitative estimate of drug-likeness (QED) is 0.142. The van der Waals surface area contributed by atoms with Crippen LogP contribution in [0.1, 0.15) is 61.6 Å². The molecule has 5 aromatic rings. The van der Waals surface area contributed by atoms with Gasteiger partial charge in [-0.1, -0.05) is 42.5 Å². The summed E-state index contributed by atoms with van der Waals surface area (Å²) in [6.45, 7) is 6.34. The minimum atomic E-state index is -0.391. The van der Waals surface area contributed by atoms with Crippen LogP contribution in [-0.4, -0.2) is 111 Å². The second-order valence-corrected chi connectivity index (χ2v) is 16.7. The average molecular weight is 825 g/mol. The number of aromatic nitrogens is 4. The molecule has 9 rings (SSSR count). The molecule has 4 fully saturated rings. The predicted octanol–water partition coefficient (Wildman–Crippen LogP) is 4.59. The van der Waals surface area contributed by atoms with Crippen LogP contribution in [-0.2, 0) is 25.6 Å². The monoisotopic (exact) mass is 824 g/mol. The average Bonchev–Trinajstić information content (AvgIpc) is 3.70. The van der Waals surface area contributed by atoms with Crippen LogP contribution in [0.25, 0.3) is 11.2 Å². The molecule has 5 heterocycles. The first-order valence-corrected chi connectivity index (χ1v) is 21.5. The number of hydrogen-bond donors (Lipinski definition) is 3. The lowest BCUT2D eigenvalue weighted by molar-refractivity contribution is -0.135. The van der Waals surface area contributed by atoms with E-state index < -0.39 is 5.92 Å². The molecule has 1 aliphatic carbocycles. The largest absolute Gasteiger partial charge is 0.484 e. The van der Waals surface area contributed by atoms with Crippen LogP contribution in [0.3, 0.4) is 0 Å². The van der Waals surface area contributed by atoms with E-state index in [1.54, 1.807) is 18.5 Å². The highest BCUT2D eigenvalue weighted by Gasteiger charge is 2.33. The lowest BCUT2D eigenvalue weighted by Crippen LogP contribution is -2.49. The molecule has 3 aliphatic heterocycles. The summed E-state index contributed by atoms with van der Waals surface area (Å²) in [5.41, 5.74) is 5.42. The molecule has 0 spiro atoms. The van der Waals surface area contributed by atoms with E-state index in [-0.39, 0.29) is 42.3 Å². The number of anilines is 3. The van der Waals surface area contributed by atoms with E-state index in [0.29, 0.717) is 36.7 Å². The van der Waals surface area contributed by atoms with Crippen molar-refractivity contribution in [1.82, 2.24) is 40.0 Å². The van der Waals surface area contributed by atoms with Gasteiger partial charge in [-0.2, -0.15) is 0 Å². The van der Waals surface area contributed by atoms with Crippen LogP contribution in [0, 0.1) is 5.92 Å². The van der Waals surface area contributed by atoms with Gasteiger partial charge in [-0.25, -0.2) is 15.0 Å². The van der Waals surface area contributed by atoms with Crippen LogP contribution in [0.2, 0.25) is 0 Å². The number of imide groups is 1. The SMILES string of the molecule is O=C1CC[C@@H](c2cccc(OCC(=O)N3CCC(CN4CCN(c5ccc(Nc6ncnc7c6ncn7C6CC(NC(=O)Cc7ccccc7)C6)cc5)CC4)CC3)c2)C(=O)N1. The van der Waals surface area contributed by atoms with E-state index in [0.717, 1.165) is 99.5 Å². The van der Waals surface area contributed by atoms with Crippen LogP contribution < -0.4 is 25.6 Å². The fraction of sp³-hybridized carbons (Fsp3) is 0.413. The Bertz CT molecular complexity index is 2350.